The molecule has 0 aliphatic heterocycles. The lowest BCUT2D eigenvalue weighted by molar-refractivity contribution is -0.121. The van der Waals surface area contributed by atoms with Gasteiger partial charge in [0.1, 0.15) is 6.33 Å². The van der Waals surface area contributed by atoms with Crippen LogP contribution in [-0.4, -0.2) is 15.9 Å². The molecule has 1 amide bonds. The van der Waals surface area contributed by atoms with Crippen LogP contribution in [0.2, 0.25) is 0 Å². The second-order valence-electron chi connectivity index (χ2n) is 8.87. The Morgan fingerprint density at radius 2 is 1.65 bits per heavy atom. The van der Waals surface area contributed by atoms with Crippen molar-refractivity contribution in [2.24, 2.45) is 0 Å². The highest BCUT2D eigenvalue weighted by Crippen LogP contribution is 2.23. The summed E-state index contributed by atoms with van der Waals surface area (Å²) in [4.78, 5) is 20.7. The molecule has 2 aromatic rings. The second-order valence-corrected chi connectivity index (χ2v) is 8.87. The monoisotopic (exact) mass is 353 g/mol. The number of amides is 1. The van der Waals surface area contributed by atoms with E-state index in [0.29, 0.717) is 13.0 Å². The fourth-order valence-corrected chi connectivity index (χ4v) is 2.87. The third kappa shape index (κ3) is 5.65. The molecule has 140 valence electrons. The minimum atomic E-state index is -0.0716. The zero-order chi connectivity index (χ0) is 19.4. The molecule has 26 heavy (non-hydrogen) atoms. The molecule has 0 spiro atoms. The van der Waals surface area contributed by atoms with Crippen LogP contribution < -0.4 is 5.32 Å². The molecule has 2 rings (SSSR count). The number of nitrogens with one attached hydrogen (secondary N) is 1. The molecule has 0 atom stereocenters. The number of benzene rings is 1. The fraction of sp³-hybridized carbons (Fsp3) is 0.500. The highest BCUT2D eigenvalue weighted by Gasteiger charge is 2.19. The molecule has 4 heteroatoms. The van der Waals surface area contributed by atoms with Crippen LogP contribution in [0.1, 0.15) is 70.3 Å². The van der Waals surface area contributed by atoms with Crippen molar-refractivity contribution in [3.8, 4) is 0 Å². The van der Waals surface area contributed by atoms with E-state index in [9.17, 15) is 4.79 Å². The summed E-state index contributed by atoms with van der Waals surface area (Å²) >= 11 is 0. The lowest BCUT2D eigenvalue weighted by Gasteiger charge is -2.21. The zero-order valence-electron chi connectivity index (χ0n) is 16.9. The quantitative estimate of drug-likeness (QED) is 0.871. The normalized spacial score (nSPS) is 12.1. The molecule has 1 aromatic carbocycles. The van der Waals surface area contributed by atoms with E-state index in [1.165, 1.54) is 11.1 Å². The van der Waals surface area contributed by atoms with E-state index in [2.05, 4.69) is 81.1 Å². The van der Waals surface area contributed by atoms with Crippen LogP contribution in [0, 0.1) is 0 Å². The fourth-order valence-electron chi connectivity index (χ4n) is 2.87. The minimum absolute atomic E-state index is 0.0496. The predicted molar refractivity (Wildman–Crippen MR) is 106 cm³/mol. The number of aryl methyl sites for hydroxylation is 1. The van der Waals surface area contributed by atoms with E-state index in [1.54, 1.807) is 12.5 Å². The minimum Gasteiger partial charge on any atom is -0.352 e. The maximum atomic E-state index is 12.2. The summed E-state index contributed by atoms with van der Waals surface area (Å²) in [7, 11) is 0. The van der Waals surface area contributed by atoms with Gasteiger partial charge in [0.2, 0.25) is 5.91 Å². The van der Waals surface area contributed by atoms with E-state index >= 15 is 0 Å². The lowest BCUT2D eigenvalue weighted by Crippen LogP contribution is -2.26. The number of hydrogen-bond donors (Lipinski definition) is 1. The Labute approximate surface area is 157 Å². The van der Waals surface area contributed by atoms with E-state index in [1.807, 2.05) is 0 Å². The number of aromatic nitrogens is 2. The molecule has 0 fully saturated rings. The number of hydrogen-bond acceptors (Lipinski definition) is 3. The molecule has 4 nitrogen and oxygen atoms in total. The Morgan fingerprint density at radius 3 is 2.23 bits per heavy atom. The average molecular weight is 354 g/mol. The van der Waals surface area contributed by atoms with Gasteiger partial charge in [0.05, 0.1) is 5.69 Å². The summed E-state index contributed by atoms with van der Waals surface area (Å²) < 4.78 is 0. The maximum absolute atomic E-state index is 12.2. The second kappa shape index (κ2) is 7.98. The SMILES string of the molecule is CC(C)(C)c1ccc(CCC(=O)NCc2cncnc2C(C)(C)C)cc1. The molecular formula is C22H31N3O. The van der Waals surface area contributed by atoms with Crippen molar-refractivity contribution in [3.05, 3.63) is 59.2 Å². The largest absolute Gasteiger partial charge is 0.352 e. The van der Waals surface area contributed by atoms with Crippen molar-refractivity contribution in [1.29, 1.82) is 0 Å². The summed E-state index contributed by atoms with van der Waals surface area (Å²) in [5.41, 5.74) is 4.53. The molecule has 1 heterocycles. The number of nitrogens with zero attached hydrogens (tertiary/aromatic N) is 2. The standard InChI is InChI=1S/C22H31N3O/c1-21(2,3)18-10-7-16(8-11-18)9-12-19(26)24-14-17-13-23-15-25-20(17)22(4,5)6/h7-8,10-11,13,15H,9,12,14H2,1-6H3,(H,24,26). The molecule has 0 saturated carbocycles. The van der Waals surface area contributed by atoms with Gasteiger partial charge in [0.15, 0.2) is 0 Å². The molecule has 0 radical (unpaired) electrons. The van der Waals surface area contributed by atoms with Gasteiger partial charge in [-0.3, -0.25) is 4.79 Å². The van der Waals surface area contributed by atoms with Gasteiger partial charge >= 0.3 is 0 Å². The first-order valence-corrected chi connectivity index (χ1v) is 9.23. The maximum Gasteiger partial charge on any atom is 0.220 e. The van der Waals surface area contributed by atoms with Crippen molar-refractivity contribution in [3.63, 3.8) is 0 Å². The number of carbonyl (C=O) groups is 1. The lowest BCUT2D eigenvalue weighted by atomic mass is 9.86. The van der Waals surface area contributed by atoms with Gasteiger partial charge in [-0.2, -0.15) is 0 Å². The van der Waals surface area contributed by atoms with Gasteiger partial charge in [-0.05, 0) is 23.0 Å². The van der Waals surface area contributed by atoms with Crippen molar-refractivity contribution in [2.75, 3.05) is 0 Å². The number of rotatable bonds is 5. The van der Waals surface area contributed by atoms with Crippen LogP contribution >= 0.6 is 0 Å². The van der Waals surface area contributed by atoms with Gasteiger partial charge < -0.3 is 5.32 Å². The van der Waals surface area contributed by atoms with Crippen molar-refractivity contribution in [1.82, 2.24) is 15.3 Å². The first-order chi connectivity index (χ1) is 12.1. The van der Waals surface area contributed by atoms with Crippen LogP contribution in [0.5, 0.6) is 0 Å². The zero-order valence-corrected chi connectivity index (χ0v) is 16.9. The van der Waals surface area contributed by atoms with Crippen LogP contribution in [-0.2, 0) is 28.6 Å². The Morgan fingerprint density at radius 1 is 1.00 bits per heavy atom. The molecule has 1 aromatic heterocycles. The summed E-state index contributed by atoms with van der Waals surface area (Å²) in [5.74, 6) is 0.0496. The van der Waals surface area contributed by atoms with E-state index < -0.39 is 0 Å². The van der Waals surface area contributed by atoms with Crippen LogP contribution in [0.25, 0.3) is 0 Å². The summed E-state index contributed by atoms with van der Waals surface area (Å²) in [6, 6.07) is 8.56. The van der Waals surface area contributed by atoms with Gasteiger partial charge in [-0.1, -0.05) is 65.8 Å². The molecule has 0 aliphatic rings. The average Bonchev–Trinajstić information content (AvgIpc) is 2.57. The summed E-state index contributed by atoms with van der Waals surface area (Å²) in [6.45, 7) is 13.4. The van der Waals surface area contributed by atoms with Crippen molar-refractivity contribution >= 4 is 5.91 Å². The van der Waals surface area contributed by atoms with Gasteiger partial charge in [0, 0.05) is 30.1 Å². The van der Waals surface area contributed by atoms with Gasteiger partial charge in [0.25, 0.3) is 0 Å². The van der Waals surface area contributed by atoms with E-state index in [-0.39, 0.29) is 16.7 Å². The summed E-state index contributed by atoms with van der Waals surface area (Å²) in [5, 5.41) is 3.00. The summed E-state index contributed by atoms with van der Waals surface area (Å²) in [6.07, 6.45) is 4.58. The number of carbonyl (C=O) groups excluding carboxylic acids is 1. The Kier molecular flexibility index (Phi) is 6.17. The van der Waals surface area contributed by atoms with Gasteiger partial charge in [-0.15, -0.1) is 0 Å². The van der Waals surface area contributed by atoms with E-state index in [0.717, 1.165) is 17.7 Å². The van der Waals surface area contributed by atoms with Crippen molar-refractivity contribution < 1.29 is 4.79 Å². The van der Waals surface area contributed by atoms with E-state index in [4.69, 9.17) is 0 Å². The molecule has 0 unspecified atom stereocenters. The predicted octanol–water partition coefficient (Wildman–Crippen LogP) is 4.32. The van der Waals surface area contributed by atoms with Crippen LogP contribution in [0.15, 0.2) is 36.8 Å². The molecular weight excluding hydrogens is 322 g/mol. The molecule has 1 N–H and O–H groups in total. The highest BCUT2D eigenvalue weighted by molar-refractivity contribution is 5.76. The van der Waals surface area contributed by atoms with Gasteiger partial charge in [-0.25, -0.2) is 9.97 Å². The molecule has 0 saturated heterocycles. The first-order valence-electron chi connectivity index (χ1n) is 9.23. The molecule has 0 aliphatic carbocycles. The first kappa shape index (κ1) is 20.1. The third-order valence-corrected chi connectivity index (χ3v) is 4.44. The Balaban J connectivity index is 1.89. The Hall–Kier alpha value is -2.23. The Bertz CT molecular complexity index is 737. The molecule has 0 bridgehead atoms. The smallest absolute Gasteiger partial charge is 0.220 e. The van der Waals surface area contributed by atoms with Crippen molar-refractivity contribution in [2.45, 2.75) is 71.8 Å². The topological polar surface area (TPSA) is 54.9 Å². The van der Waals surface area contributed by atoms with Crippen LogP contribution in [0.3, 0.4) is 0 Å². The third-order valence-electron chi connectivity index (χ3n) is 4.44. The van der Waals surface area contributed by atoms with Crippen LogP contribution in [0.4, 0.5) is 0 Å². The highest BCUT2D eigenvalue weighted by atomic mass is 16.1.